The van der Waals surface area contributed by atoms with Crippen LogP contribution in [-0.4, -0.2) is 11.6 Å². The van der Waals surface area contributed by atoms with Crippen molar-refractivity contribution < 1.29 is 4.79 Å². The average Bonchev–Trinajstić information content (AvgIpc) is 2.29. The van der Waals surface area contributed by atoms with Gasteiger partial charge in [-0.3, -0.25) is 4.79 Å². The van der Waals surface area contributed by atoms with Crippen LogP contribution in [0.5, 0.6) is 0 Å². The maximum Gasteiger partial charge on any atom is 0.240 e. The Balaban J connectivity index is 2.65. The summed E-state index contributed by atoms with van der Waals surface area (Å²) in [5, 5.41) is 4.11. The highest BCUT2D eigenvalue weighted by Gasteiger charge is 2.19. The van der Waals surface area contributed by atoms with Crippen molar-refractivity contribution in [3.8, 4) is 0 Å². The molecule has 1 amide bonds. The summed E-state index contributed by atoms with van der Waals surface area (Å²) in [5.41, 5.74) is 5.94. The van der Waals surface area contributed by atoms with Gasteiger partial charge in [0.1, 0.15) is 0 Å². The number of hydrogen-bond acceptors (Lipinski definition) is 2. The highest BCUT2D eigenvalue weighted by Crippen LogP contribution is 2.15. The summed E-state index contributed by atoms with van der Waals surface area (Å²) in [4.78, 5) is 11.1. The van der Waals surface area contributed by atoms with Crippen molar-refractivity contribution >= 4 is 11.6 Å². The molecule has 17 heavy (non-hydrogen) atoms. The van der Waals surface area contributed by atoms with E-state index in [0.29, 0.717) is 6.42 Å². The molecule has 1 atom stereocenters. The van der Waals surface area contributed by atoms with Gasteiger partial charge in [0.25, 0.3) is 0 Å². The molecule has 1 unspecified atom stereocenters. The van der Waals surface area contributed by atoms with Crippen LogP contribution >= 0.6 is 0 Å². The van der Waals surface area contributed by atoms with Crippen LogP contribution in [0.1, 0.15) is 33.6 Å². The molecule has 3 heteroatoms. The van der Waals surface area contributed by atoms with Crippen LogP contribution in [0.2, 0.25) is 0 Å². The molecule has 92 valence electrons. The third kappa shape index (κ3) is 4.39. The zero-order chi connectivity index (χ0) is 12.8. The first-order valence-electron chi connectivity index (χ1n) is 5.84. The van der Waals surface area contributed by atoms with Crippen molar-refractivity contribution in [1.82, 2.24) is 5.43 Å². The first-order chi connectivity index (χ1) is 8.02. The predicted molar refractivity (Wildman–Crippen MR) is 71.7 cm³/mol. The lowest BCUT2D eigenvalue weighted by Crippen LogP contribution is -2.31. The van der Waals surface area contributed by atoms with Gasteiger partial charge in [0.15, 0.2) is 0 Å². The fourth-order valence-corrected chi connectivity index (χ4v) is 1.59. The molecule has 0 saturated carbocycles. The fraction of sp³-hybridized carbons (Fsp3) is 0.429. The van der Waals surface area contributed by atoms with E-state index in [-0.39, 0.29) is 11.8 Å². The second-order valence-corrected chi connectivity index (χ2v) is 4.55. The van der Waals surface area contributed by atoms with E-state index in [1.165, 1.54) is 5.57 Å². The molecule has 0 aromatic heterocycles. The number of rotatable bonds is 4. The van der Waals surface area contributed by atoms with Gasteiger partial charge in [-0.25, -0.2) is 5.43 Å². The van der Waals surface area contributed by atoms with Crippen LogP contribution in [0.3, 0.4) is 0 Å². The minimum absolute atomic E-state index is 0.00489. The first kappa shape index (κ1) is 13.4. The zero-order valence-electron chi connectivity index (χ0n) is 10.8. The predicted octanol–water partition coefficient (Wildman–Crippen LogP) is 2.97. The zero-order valence-corrected chi connectivity index (χ0v) is 10.8. The number of hydrazone groups is 1. The second-order valence-electron chi connectivity index (χ2n) is 4.55. The Labute approximate surface area is 103 Å². The van der Waals surface area contributed by atoms with Crippen molar-refractivity contribution in [3.63, 3.8) is 0 Å². The average molecular weight is 232 g/mol. The summed E-state index contributed by atoms with van der Waals surface area (Å²) in [6, 6.07) is 0. The van der Waals surface area contributed by atoms with Crippen LogP contribution < -0.4 is 5.43 Å². The van der Waals surface area contributed by atoms with Crippen molar-refractivity contribution in [3.05, 3.63) is 36.0 Å². The maximum absolute atomic E-state index is 11.1. The lowest BCUT2D eigenvalue weighted by Gasteiger charge is -2.18. The van der Waals surface area contributed by atoms with E-state index in [9.17, 15) is 4.79 Å². The molecular formula is C14H20N2O. The van der Waals surface area contributed by atoms with E-state index in [1.807, 2.05) is 26.0 Å². The molecule has 0 radical (unpaired) electrons. The van der Waals surface area contributed by atoms with Gasteiger partial charge >= 0.3 is 0 Å². The van der Waals surface area contributed by atoms with Gasteiger partial charge in [-0.15, -0.1) is 0 Å². The Morgan fingerprint density at radius 3 is 2.82 bits per heavy atom. The Morgan fingerprint density at radius 2 is 2.24 bits per heavy atom. The van der Waals surface area contributed by atoms with Gasteiger partial charge in [-0.1, -0.05) is 42.9 Å². The Morgan fingerprint density at radius 1 is 1.53 bits per heavy atom. The lowest BCUT2D eigenvalue weighted by molar-refractivity contribution is -0.121. The smallest absolute Gasteiger partial charge is 0.240 e. The number of nitrogens with zero attached hydrogens (tertiary/aromatic N) is 1. The molecule has 1 aliphatic rings. The monoisotopic (exact) mass is 232 g/mol. The molecule has 0 aromatic carbocycles. The Hall–Kier alpha value is -1.64. The number of carbonyl (C=O) groups excluding carboxylic acids is 1. The molecule has 3 nitrogen and oxygen atoms in total. The number of amides is 1. The van der Waals surface area contributed by atoms with E-state index in [2.05, 4.69) is 30.1 Å². The summed E-state index contributed by atoms with van der Waals surface area (Å²) in [6.07, 6.45) is 7.28. The lowest BCUT2D eigenvalue weighted by atomic mass is 9.95. The number of hydrogen-bond donors (Lipinski definition) is 1. The quantitative estimate of drug-likeness (QED) is 0.744. The topological polar surface area (TPSA) is 41.5 Å². The van der Waals surface area contributed by atoms with Crippen molar-refractivity contribution in [2.24, 2.45) is 11.0 Å². The minimum atomic E-state index is 0.00489. The van der Waals surface area contributed by atoms with E-state index < -0.39 is 0 Å². The molecule has 0 aliphatic carbocycles. The molecule has 0 fully saturated rings. The van der Waals surface area contributed by atoms with Crippen molar-refractivity contribution in [2.75, 3.05) is 0 Å². The van der Waals surface area contributed by atoms with Gasteiger partial charge in [0.2, 0.25) is 5.91 Å². The number of carbonyl (C=O) groups is 1. The third-order valence-electron chi connectivity index (χ3n) is 2.80. The highest BCUT2D eigenvalue weighted by molar-refractivity contribution is 5.95. The van der Waals surface area contributed by atoms with Crippen LogP contribution in [0.25, 0.3) is 0 Å². The number of allylic oxidation sites excluding steroid dienone is 5. The second kappa shape index (κ2) is 6.18. The van der Waals surface area contributed by atoms with Crippen molar-refractivity contribution in [1.29, 1.82) is 0 Å². The normalized spacial score (nSPS) is 21.9. The van der Waals surface area contributed by atoms with Crippen LogP contribution in [0, 0.1) is 5.92 Å². The standard InChI is InChI=1S/C14H20N2O/c1-5-10(2)6-7-11(3)8-13-12(4)9-14(17)16-15-13/h5-7,12H,1,8-9H2,2-4H3,(H,16,17)/b10-6-,11-7+. The largest absolute Gasteiger partial charge is 0.273 e. The molecule has 0 aromatic rings. The summed E-state index contributed by atoms with van der Waals surface area (Å²) in [5.74, 6) is 0.238. The minimum Gasteiger partial charge on any atom is -0.273 e. The van der Waals surface area contributed by atoms with Crippen LogP contribution in [0.4, 0.5) is 0 Å². The summed E-state index contributed by atoms with van der Waals surface area (Å²) in [6.45, 7) is 9.82. The highest BCUT2D eigenvalue weighted by atomic mass is 16.2. The molecule has 1 N–H and O–H groups in total. The van der Waals surface area contributed by atoms with E-state index in [0.717, 1.165) is 17.7 Å². The molecule has 0 spiro atoms. The summed E-state index contributed by atoms with van der Waals surface area (Å²) < 4.78 is 0. The first-order valence-corrected chi connectivity index (χ1v) is 5.84. The van der Waals surface area contributed by atoms with Gasteiger partial charge in [-0.05, 0) is 13.8 Å². The van der Waals surface area contributed by atoms with Gasteiger partial charge in [-0.2, -0.15) is 5.10 Å². The third-order valence-corrected chi connectivity index (χ3v) is 2.80. The van der Waals surface area contributed by atoms with Crippen molar-refractivity contribution in [2.45, 2.75) is 33.6 Å². The molecule has 0 bridgehead atoms. The van der Waals surface area contributed by atoms with Crippen LogP contribution in [-0.2, 0) is 4.79 Å². The molecular weight excluding hydrogens is 212 g/mol. The van der Waals surface area contributed by atoms with E-state index >= 15 is 0 Å². The fourth-order valence-electron chi connectivity index (χ4n) is 1.59. The Kier molecular flexibility index (Phi) is 4.88. The Bertz CT molecular complexity index is 402. The van der Waals surface area contributed by atoms with E-state index in [4.69, 9.17) is 0 Å². The molecule has 1 rings (SSSR count). The SMILES string of the molecule is C=C/C(C)=C\C=C(/C)CC1=NNC(=O)CC1C. The number of nitrogens with one attached hydrogen (secondary N) is 1. The van der Waals surface area contributed by atoms with E-state index in [1.54, 1.807) is 0 Å². The van der Waals surface area contributed by atoms with Gasteiger partial charge in [0.05, 0.1) is 0 Å². The maximum atomic E-state index is 11.1. The molecule has 1 heterocycles. The molecule has 1 aliphatic heterocycles. The summed E-state index contributed by atoms with van der Waals surface area (Å²) >= 11 is 0. The summed E-state index contributed by atoms with van der Waals surface area (Å²) in [7, 11) is 0. The van der Waals surface area contributed by atoms with Gasteiger partial charge in [0, 0.05) is 24.5 Å². The molecule has 0 saturated heterocycles. The van der Waals surface area contributed by atoms with Gasteiger partial charge < -0.3 is 0 Å². The van der Waals surface area contributed by atoms with Crippen LogP contribution in [0.15, 0.2) is 41.1 Å².